The first-order chi connectivity index (χ1) is 10.7. The van der Waals surface area contributed by atoms with Gasteiger partial charge in [-0.2, -0.15) is 13.2 Å². The second-order valence-electron chi connectivity index (χ2n) is 4.72. The number of hydrogen-bond donors (Lipinski definition) is 1. The lowest BCUT2D eigenvalue weighted by Crippen LogP contribution is -2.39. The number of rotatable bonds is 3. The van der Waals surface area contributed by atoms with Gasteiger partial charge in [0.25, 0.3) is 5.91 Å². The third-order valence-corrected chi connectivity index (χ3v) is 2.98. The van der Waals surface area contributed by atoms with Crippen molar-refractivity contribution in [3.05, 3.63) is 46.0 Å². The zero-order valence-electron chi connectivity index (χ0n) is 11.6. The molecule has 0 radical (unpaired) electrons. The van der Waals surface area contributed by atoms with Gasteiger partial charge in [-0.25, -0.2) is 4.39 Å². The number of pyridine rings is 1. The molecule has 0 aliphatic rings. The first-order valence-electron chi connectivity index (χ1n) is 6.33. The molecule has 0 fully saturated rings. The van der Waals surface area contributed by atoms with E-state index in [2.05, 4.69) is 4.98 Å². The molecule has 0 aliphatic carbocycles. The van der Waals surface area contributed by atoms with Crippen molar-refractivity contribution in [2.45, 2.75) is 6.18 Å². The summed E-state index contributed by atoms with van der Waals surface area (Å²) in [6.07, 6.45) is 0.355. The molecule has 0 aliphatic heterocycles. The SMILES string of the molecule is C#CCN(CC(F)(F)F)C(=O)c1cc(=O)[nH]c2cc(F)ccc12. The number of aromatic nitrogens is 1. The molecular formula is C15H10F4N2O2. The molecule has 0 saturated heterocycles. The zero-order valence-corrected chi connectivity index (χ0v) is 11.6. The van der Waals surface area contributed by atoms with Crippen LogP contribution in [0.1, 0.15) is 10.4 Å². The average molecular weight is 326 g/mol. The second-order valence-corrected chi connectivity index (χ2v) is 4.72. The summed E-state index contributed by atoms with van der Waals surface area (Å²) in [5.41, 5.74) is -1.00. The second kappa shape index (κ2) is 6.12. The predicted molar refractivity (Wildman–Crippen MR) is 75.3 cm³/mol. The van der Waals surface area contributed by atoms with Gasteiger partial charge in [0, 0.05) is 11.5 Å². The monoisotopic (exact) mass is 326 g/mol. The minimum absolute atomic E-state index is 0.00789. The van der Waals surface area contributed by atoms with Gasteiger partial charge in [0.2, 0.25) is 5.56 Å². The van der Waals surface area contributed by atoms with Gasteiger partial charge < -0.3 is 9.88 Å². The largest absolute Gasteiger partial charge is 0.406 e. The number of nitrogens with zero attached hydrogens (tertiary/aromatic N) is 1. The lowest BCUT2D eigenvalue weighted by molar-refractivity contribution is -0.139. The number of alkyl halides is 3. The normalized spacial score (nSPS) is 11.3. The van der Waals surface area contributed by atoms with Gasteiger partial charge in [0.1, 0.15) is 12.4 Å². The number of halogens is 4. The van der Waals surface area contributed by atoms with E-state index in [9.17, 15) is 27.2 Å². The van der Waals surface area contributed by atoms with Crippen LogP contribution in [0.25, 0.3) is 10.9 Å². The number of hydrogen-bond acceptors (Lipinski definition) is 2. The Hall–Kier alpha value is -2.82. The van der Waals surface area contributed by atoms with Crippen molar-refractivity contribution in [1.82, 2.24) is 9.88 Å². The standard InChI is InChI=1S/C15H10F4N2O2/c1-2-5-21(8-15(17,18)19)14(23)11-7-13(22)20-12-6-9(16)3-4-10(11)12/h1,3-4,6-7H,5,8H2,(H,20,22). The summed E-state index contributed by atoms with van der Waals surface area (Å²) in [5, 5.41) is 0.125. The van der Waals surface area contributed by atoms with Crippen molar-refractivity contribution >= 4 is 16.8 Å². The van der Waals surface area contributed by atoms with E-state index in [0.29, 0.717) is 4.90 Å². The molecule has 1 amide bonds. The fraction of sp³-hybridized carbons (Fsp3) is 0.200. The van der Waals surface area contributed by atoms with Gasteiger partial charge in [-0.1, -0.05) is 5.92 Å². The van der Waals surface area contributed by atoms with E-state index in [-0.39, 0.29) is 16.5 Å². The number of carbonyl (C=O) groups is 1. The van der Waals surface area contributed by atoms with Gasteiger partial charge >= 0.3 is 6.18 Å². The Morgan fingerprint density at radius 2 is 2.00 bits per heavy atom. The molecule has 4 nitrogen and oxygen atoms in total. The molecule has 1 N–H and O–H groups in total. The number of H-pyrrole nitrogens is 1. The van der Waals surface area contributed by atoms with Gasteiger partial charge in [-0.3, -0.25) is 9.59 Å². The van der Waals surface area contributed by atoms with Gasteiger partial charge in [-0.15, -0.1) is 6.42 Å². The molecule has 120 valence electrons. The predicted octanol–water partition coefficient (Wildman–Crippen LogP) is 2.30. The third kappa shape index (κ3) is 3.88. The van der Waals surface area contributed by atoms with Gasteiger partial charge in [0.15, 0.2) is 0 Å². The van der Waals surface area contributed by atoms with Gasteiger partial charge in [-0.05, 0) is 18.2 Å². The molecule has 0 saturated carbocycles. The van der Waals surface area contributed by atoms with Crippen molar-refractivity contribution in [3.63, 3.8) is 0 Å². The lowest BCUT2D eigenvalue weighted by atomic mass is 10.1. The zero-order chi connectivity index (χ0) is 17.2. The molecule has 1 aromatic carbocycles. The Bertz CT molecular complexity index is 849. The summed E-state index contributed by atoms with van der Waals surface area (Å²) in [5.74, 6) is 0.260. The molecule has 2 rings (SSSR count). The molecule has 0 bridgehead atoms. The molecule has 0 spiro atoms. The Morgan fingerprint density at radius 1 is 1.30 bits per heavy atom. The van der Waals surface area contributed by atoms with Crippen LogP contribution in [0.15, 0.2) is 29.1 Å². The van der Waals surface area contributed by atoms with Crippen LogP contribution in [0.4, 0.5) is 17.6 Å². The molecule has 0 atom stereocenters. The highest BCUT2D eigenvalue weighted by atomic mass is 19.4. The number of amides is 1. The maximum absolute atomic E-state index is 13.2. The van der Waals surface area contributed by atoms with Crippen molar-refractivity contribution < 1.29 is 22.4 Å². The summed E-state index contributed by atoms with van der Waals surface area (Å²) in [4.78, 5) is 26.6. The van der Waals surface area contributed by atoms with E-state index >= 15 is 0 Å². The van der Waals surface area contributed by atoms with Crippen LogP contribution in [0, 0.1) is 18.2 Å². The summed E-state index contributed by atoms with van der Waals surface area (Å²) < 4.78 is 50.9. The van der Waals surface area contributed by atoms with Crippen LogP contribution >= 0.6 is 0 Å². The number of aromatic amines is 1. The number of terminal acetylenes is 1. The summed E-state index contributed by atoms with van der Waals surface area (Å²) in [6, 6.07) is 4.08. The number of fused-ring (bicyclic) bond motifs is 1. The Morgan fingerprint density at radius 3 is 2.61 bits per heavy atom. The molecule has 23 heavy (non-hydrogen) atoms. The number of nitrogens with one attached hydrogen (secondary N) is 1. The smallest absolute Gasteiger partial charge is 0.322 e. The molecule has 1 heterocycles. The van der Waals surface area contributed by atoms with E-state index in [4.69, 9.17) is 6.42 Å². The third-order valence-electron chi connectivity index (χ3n) is 2.98. The Balaban J connectivity index is 2.55. The van der Waals surface area contributed by atoms with Crippen molar-refractivity contribution in [3.8, 4) is 12.3 Å². The van der Waals surface area contributed by atoms with E-state index in [1.165, 1.54) is 6.07 Å². The number of carbonyl (C=O) groups excluding carboxylic acids is 1. The van der Waals surface area contributed by atoms with Crippen LogP contribution in [0.5, 0.6) is 0 Å². The highest BCUT2D eigenvalue weighted by molar-refractivity contribution is 6.06. The Kier molecular flexibility index (Phi) is 4.40. The fourth-order valence-corrected chi connectivity index (χ4v) is 2.11. The van der Waals surface area contributed by atoms with Crippen molar-refractivity contribution in [2.75, 3.05) is 13.1 Å². The quantitative estimate of drug-likeness (QED) is 0.695. The van der Waals surface area contributed by atoms with Crippen LogP contribution in [0.2, 0.25) is 0 Å². The number of benzene rings is 1. The molecule has 8 heteroatoms. The molecule has 2 aromatic rings. The van der Waals surface area contributed by atoms with E-state index in [1.54, 1.807) is 0 Å². The van der Waals surface area contributed by atoms with Crippen LogP contribution < -0.4 is 5.56 Å². The maximum atomic E-state index is 13.2. The fourth-order valence-electron chi connectivity index (χ4n) is 2.11. The highest BCUT2D eigenvalue weighted by Crippen LogP contribution is 2.21. The van der Waals surface area contributed by atoms with Crippen LogP contribution in [0.3, 0.4) is 0 Å². The van der Waals surface area contributed by atoms with Crippen molar-refractivity contribution in [2.24, 2.45) is 0 Å². The van der Waals surface area contributed by atoms with Crippen LogP contribution in [-0.2, 0) is 0 Å². The van der Waals surface area contributed by atoms with E-state index < -0.39 is 36.5 Å². The first kappa shape index (κ1) is 16.5. The maximum Gasteiger partial charge on any atom is 0.406 e. The van der Waals surface area contributed by atoms with E-state index in [0.717, 1.165) is 18.2 Å². The summed E-state index contributed by atoms with van der Waals surface area (Å²) in [7, 11) is 0. The first-order valence-corrected chi connectivity index (χ1v) is 6.33. The van der Waals surface area contributed by atoms with Crippen LogP contribution in [-0.4, -0.2) is 35.1 Å². The minimum Gasteiger partial charge on any atom is -0.322 e. The molecule has 1 aromatic heterocycles. The average Bonchev–Trinajstić information content (AvgIpc) is 2.43. The van der Waals surface area contributed by atoms with Gasteiger partial charge in [0.05, 0.1) is 17.6 Å². The lowest BCUT2D eigenvalue weighted by Gasteiger charge is -2.22. The van der Waals surface area contributed by atoms with Crippen molar-refractivity contribution in [1.29, 1.82) is 0 Å². The minimum atomic E-state index is -4.64. The molecular weight excluding hydrogens is 316 g/mol. The Labute approximate surface area is 127 Å². The highest BCUT2D eigenvalue weighted by Gasteiger charge is 2.33. The summed E-state index contributed by atoms with van der Waals surface area (Å²) in [6.45, 7) is -2.13. The molecule has 0 unspecified atom stereocenters. The topological polar surface area (TPSA) is 53.2 Å². The van der Waals surface area contributed by atoms with E-state index in [1.807, 2.05) is 5.92 Å². The summed E-state index contributed by atoms with van der Waals surface area (Å²) >= 11 is 0.